The van der Waals surface area contributed by atoms with E-state index in [1.54, 1.807) is 6.07 Å². The van der Waals surface area contributed by atoms with Crippen molar-refractivity contribution in [2.75, 3.05) is 0 Å². The van der Waals surface area contributed by atoms with Crippen molar-refractivity contribution in [2.24, 2.45) is 5.18 Å². The molecule has 0 aliphatic rings. The molecule has 0 saturated carbocycles. The summed E-state index contributed by atoms with van der Waals surface area (Å²) in [5.41, 5.74) is 0.753. The first-order valence-corrected chi connectivity index (χ1v) is 6.28. The van der Waals surface area contributed by atoms with Gasteiger partial charge in [0.2, 0.25) is 5.91 Å². The standard InChI is InChI=1S/C14H13ClN2O2/c1-9(18)16-8-10-6-7-13(14(15)17-19)12-5-3-2-4-11(10)12/h2-7,14H,8H2,1H3,(H,16,18). The van der Waals surface area contributed by atoms with E-state index in [-0.39, 0.29) is 5.91 Å². The van der Waals surface area contributed by atoms with E-state index in [4.69, 9.17) is 11.6 Å². The molecule has 0 aromatic heterocycles. The monoisotopic (exact) mass is 276 g/mol. The number of nitrogens with one attached hydrogen (secondary N) is 1. The predicted molar refractivity (Wildman–Crippen MR) is 75.9 cm³/mol. The average Bonchev–Trinajstić information content (AvgIpc) is 2.43. The molecule has 0 radical (unpaired) electrons. The number of alkyl halides is 1. The highest BCUT2D eigenvalue weighted by atomic mass is 35.5. The fraction of sp³-hybridized carbons (Fsp3) is 0.214. The van der Waals surface area contributed by atoms with Gasteiger partial charge in [-0.1, -0.05) is 48.0 Å². The number of fused-ring (bicyclic) bond motifs is 1. The lowest BCUT2D eigenvalue weighted by Crippen LogP contribution is -2.19. The molecule has 0 saturated heterocycles. The number of nitroso groups, excluding NO2 is 1. The summed E-state index contributed by atoms with van der Waals surface area (Å²) in [7, 11) is 0. The average molecular weight is 277 g/mol. The maximum Gasteiger partial charge on any atom is 0.217 e. The quantitative estimate of drug-likeness (QED) is 0.528. The van der Waals surface area contributed by atoms with Gasteiger partial charge in [-0.3, -0.25) is 4.79 Å². The second-order valence-corrected chi connectivity index (χ2v) is 4.62. The largest absolute Gasteiger partial charge is 0.352 e. The second-order valence-electron chi connectivity index (χ2n) is 4.21. The number of carbonyl (C=O) groups is 1. The lowest BCUT2D eigenvalue weighted by atomic mass is 9.99. The summed E-state index contributed by atoms with van der Waals surface area (Å²) in [5, 5.41) is 7.46. The third-order valence-corrected chi connectivity index (χ3v) is 3.24. The van der Waals surface area contributed by atoms with Crippen LogP contribution in [0, 0.1) is 4.91 Å². The zero-order chi connectivity index (χ0) is 13.8. The van der Waals surface area contributed by atoms with Gasteiger partial charge < -0.3 is 5.32 Å². The third-order valence-electron chi connectivity index (χ3n) is 2.93. The van der Waals surface area contributed by atoms with Gasteiger partial charge in [0.1, 0.15) is 0 Å². The lowest BCUT2D eigenvalue weighted by molar-refractivity contribution is -0.119. The van der Waals surface area contributed by atoms with Crippen LogP contribution in [-0.4, -0.2) is 5.91 Å². The molecule has 2 aromatic rings. The van der Waals surface area contributed by atoms with Crippen molar-refractivity contribution in [3.8, 4) is 0 Å². The number of amides is 1. The van der Waals surface area contributed by atoms with Crippen molar-refractivity contribution >= 4 is 28.3 Å². The second kappa shape index (κ2) is 5.80. The molecule has 1 atom stereocenters. The van der Waals surface area contributed by atoms with Crippen molar-refractivity contribution < 1.29 is 4.79 Å². The molecule has 1 N–H and O–H groups in total. The summed E-state index contributed by atoms with van der Waals surface area (Å²) in [6, 6.07) is 11.2. The van der Waals surface area contributed by atoms with Crippen LogP contribution in [-0.2, 0) is 11.3 Å². The molecule has 0 heterocycles. The van der Waals surface area contributed by atoms with Gasteiger partial charge in [0, 0.05) is 19.0 Å². The van der Waals surface area contributed by atoms with Crippen LogP contribution in [0.25, 0.3) is 10.8 Å². The van der Waals surface area contributed by atoms with E-state index in [1.807, 2.05) is 30.3 Å². The van der Waals surface area contributed by atoms with E-state index in [0.29, 0.717) is 12.1 Å². The number of rotatable bonds is 4. The maximum atomic E-state index is 11.0. The van der Waals surface area contributed by atoms with Gasteiger partial charge in [-0.25, -0.2) is 0 Å². The van der Waals surface area contributed by atoms with E-state index in [1.165, 1.54) is 6.92 Å². The van der Waals surface area contributed by atoms with Crippen LogP contribution in [0.2, 0.25) is 0 Å². The molecule has 0 aliphatic carbocycles. The predicted octanol–water partition coefficient (Wildman–Crippen LogP) is 3.48. The first-order chi connectivity index (χ1) is 9.13. The maximum absolute atomic E-state index is 11.0. The van der Waals surface area contributed by atoms with Gasteiger partial charge in [0.05, 0.1) is 0 Å². The molecular formula is C14H13ClN2O2. The Morgan fingerprint density at radius 1 is 1.26 bits per heavy atom. The molecule has 1 unspecified atom stereocenters. The van der Waals surface area contributed by atoms with E-state index < -0.39 is 5.50 Å². The topological polar surface area (TPSA) is 58.5 Å². The minimum atomic E-state index is -0.903. The Bertz CT molecular complexity index is 628. The highest BCUT2D eigenvalue weighted by Gasteiger charge is 2.13. The lowest BCUT2D eigenvalue weighted by Gasteiger charge is -2.11. The Kier molecular flexibility index (Phi) is 4.12. The summed E-state index contributed by atoms with van der Waals surface area (Å²) in [5.74, 6) is -0.0852. The highest BCUT2D eigenvalue weighted by molar-refractivity contribution is 6.21. The Morgan fingerprint density at radius 2 is 1.95 bits per heavy atom. The summed E-state index contributed by atoms with van der Waals surface area (Å²) in [6.45, 7) is 1.92. The Hall–Kier alpha value is -1.94. The number of nitrogens with zero attached hydrogens (tertiary/aromatic N) is 1. The molecule has 5 heteroatoms. The number of halogens is 1. The van der Waals surface area contributed by atoms with Crippen LogP contribution in [0.5, 0.6) is 0 Å². The van der Waals surface area contributed by atoms with Crippen molar-refractivity contribution in [3.05, 3.63) is 52.4 Å². The third kappa shape index (κ3) is 2.90. The molecular weight excluding hydrogens is 264 g/mol. The summed E-state index contributed by atoms with van der Waals surface area (Å²) in [4.78, 5) is 21.6. The SMILES string of the molecule is CC(=O)NCc1ccc(C(Cl)N=O)c2ccccc12. The number of benzene rings is 2. The minimum absolute atomic E-state index is 0.0852. The molecule has 0 bridgehead atoms. The zero-order valence-electron chi connectivity index (χ0n) is 10.4. The van der Waals surface area contributed by atoms with Crippen molar-refractivity contribution in [3.63, 3.8) is 0 Å². The van der Waals surface area contributed by atoms with Crippen LogP contribution in [0.3, 0.4) is 0 Å². The first-order valence-electron chi connectivity index (χ1n) is 5.85. The zero-order valence-corrected chi connectivity index (χ0v) is 11.1. The Morgan fingerprint density at radius 3 is 2.58 bits per heavy atom. The fourth-order valence-electron chi connectivity index (χ4n) is 2.02. The van der Waals surface area contributed by atoms with Gasteiger partial charge in [-0.2, -0.15) is 0 Å². The van der Waals surface area contributed by atoms with Crippen molar-refractivity contribution in [1.82, 2.24) is 5.32 Å². The molecule has 1 amide bonds. The van der Waals surface area contributed by atoms with Gasteiger partial charge in [0.25, 0.3) is 0 Å². The van der Waals surface area contributed by atoms with Crippen LogP contribution in [0.1, 0.15) is 23.6 Å². The van der Waals surface area contributed by atoms with Gasteiger partial charge >= 0.3 is 0 Å². The van der Waals surface area contributed by atoms with E-state index in [2.05, 4.69) is 10.5 Å². The normalized spacial score (nSPS) is 12.1. The van der Waals surface area contributed by atoms with Crippen molar-refractivity contribution in [2.45, 2.75) is 19.0 Å². The van der Waals surface area contributed by atoms with Crippen molar-refractivity contribution in [1.29, 1.82) is 0 Å². The molecule has 4 nitrogen and oxygen atoms in total. The van der Waals surface area contributed by atoms with E-state index in [9.17, 15) is 9.70 Å². The molecule has 0 spiro atoms. The molecule has 98 valence electrons. The Labute approximate surface area is 115 Å². The molecule has 19 heavy (non-hydrogen) atoms. The molecule has 2 rings (SSSR count). The van der Waals surface area contributed by atoms with E-state index in [0.717, 1.165) is 16.3 Å². The molecule has 0 fully saturated rings. The molecule has 2 aromatic carbocycles. The minimum Gasteiger partial charge on any atom is -0.352 e. The Balaban J connectivity index is 2.51. The number of carbonyl (C=O) groups excluding carboxylic acids is 1. The fourth-order valence-corrected chi connectivity index (χ4v) is 2.21. The summed E-state index contributed by atoms with van der Waals surface area (Å²) in [6.07, 6.45) is 0. The number of hydrogen-bond acceptors (Lipinski definition) is 3. The smallest absolute Gasteiger partial charge is 0.217 e. The number of hydrogen-bond donors (Lipinski definition) is 1. The van der Waals surface area contributed by atoms with Crippen LogP contribution in [0.4, 0.5) is 0 Å². The van der Waals surface area contributed by atoms with Crippen LogP contribution in [0.15, 0.2) is 41.6 Å². The highest BCUT2D eigenvalue weighted by Crippen LogP contribution is 2.31. The van der Waals surface area contributed by atoms with Gasteiger partial charge in [-0.05, 0) is 21.5 Å². The molecule has 0 aliphatic heterocycles. The van der Waals surface area contributed by atoms with E-state index >= 15 is 0 Å². The van der Waals surface area contributed by atoms with Gasteiger partial charge in [-0.15, -0.1) is 4.91 Å². The van der Waals surface area contributed by atoms with Crippen LogP contribution >= 0.6 is 11.6 Å². The summed E-state index contributed by atoms with van der Waals surface area (Å²) >= 11 is 5.90. The first kappa shape index (κ1) is 13.5. The van der Waals surface area contributed by atoms with Gasteiger partial charge in [0.15, 0.2) is 5.50 Å². The van der Waals surface area contributed by atoms with Crippen LogP contribution < -0.4 is 5.32 Å². The summed E-state index contributed by atoms with van der Waals surface area (Å²) < 4.78 is 0.